The van der Waals surface area contributed by atoms with Crippen molar-refractivity contribution >= 4 is 47.7 Å². The lowest BCUT2D eigenvalue weighted by Gasteiger charge is -2.42. The summed E-state index contributed by atoms with van der Waals surface area (Å²) in [7, 11) is 0. The first kappa shape index (κ1) is 21.5. The molecule has 0 spiro atoms. The van der Waals surface area contributed by atoms with E-state index in [0.717, 1.165) is 62.8 Å². The summed E-state index contributed by atoms with van der Waals surface area (Å²) in [6.07, 6.45) is 7.31. The van der Waals surface area contributed by atoms with Gasteiger partial charge in [-0.25, -0.2) is 4.79 Å². The zero-order chi connectivity index (χ0) is 17.8. The zero-order valence-corrected chi connectivity index (χ0v) is 16.8. The van der Waals surface area contributed by atoms with Gasteiger partial charge in [-0.1, -0.05) is 42.1 Å². The van der Waals surface area contributed by atoms with Gasteiger partial charge < -0.3 is 9.84 Å². The summed E-state index contributed by atoms with van der Waals surface area (Å²) >= 11 is 12.9. The number of hydrogen-bond donors (Lipinski definition) is 1. The van der Waals surface area contributed by atoms with Gasteiger partial charge in [0.25, 0.3) is 0 Å². The third-order valence-corrected chi connectivity index (χ3v) is 6.01. The Balaban J connectivity index is 0.00000243. The van der Waals surface area contributed by atoms with E-state index in [-0.39, 0.29) is 18.3 Å². The second-order valence-electron chi connectivity index (χ2n) is 6.64. The van der Waals surface area contributed by atoms with Gasteiger partial charge in [0.15, 0.2) is 0 Å². The lowest BCUT2D eigenvalue weighted by Crippen LogP contribution is -2.47. The van der Waals surface area contributed by atoms with E-state index in [1.807, 2.05) is 6.07 Å². The van der Waals surface area contributed by atoms with Gasteiger partial charge >= 0.3 is 5.97 Å². The van der Waals surface area contributed by atoms with Crippen LogP contribution >= 0.6 is 35.6 Å². The maximum absolute atomic E-state index is 11.0. The fourth-order valence-electron chi connectivity index (χ4n) is 4.06. The highest BCUT2D eigenvalue weighted by atomic mass is 35.5. The number of rotatable bonds is 4. The summed E-state index contributed by atoms with van der Waals surface area (Å²) in [5.41, 5.74) is 1.84. The first-order valence-electron chi connectivity index (χ1n) is 8.78. The third-order valence-electron chi connectivity index (χ3n) is 5.19. The molecule has 2 unspecified atom stereocenters. The molecule has 1 saturated carbocycles. The molecule has 1 aliphatic carbocycles. The van der Waals surface area contributed by atoms with Crippen molar-refractivity contribution in [3.8, 4) is 0 Å². The minimum Gasteiger partial charge on any atom is -0.478 e. The second kappa shape index (κ2) is 9.95. The van der Waals surface area contributed by atoms with Crippen LogP contribution in [0.1, 0.15) is 42.7 Å². The van der Waals surface area contributed by atoms with Crippen molar-refractivity contribution in [2.24, 2.45) is 0 Å². The third kappa shape index (κ3) is 4.93. The van der Waals surface area contributed by atoms with Crippen molar-refractivity contribution in [2.45, 2.75) is 37.6 Å². The maximum atomic E-state index is 11.0. The number of carboxylic acid groups (broad SMARTS) is 1. The SMILES string of the molecule is Cl.O=C(O)/C=C/c1ccc(Cl)c(Cl)c1C1CCCCC1N1CCOCC1. The number of nitrogens with zero attached hydrogens (tertiary/aromatic N) is 1. The molecule has 0 aromatic heterocycles. The Morgan fingerprint density at radius 3 is 2.58 bits per heavy atom. The van der Waals surface area contributed by atoms with Gasteiger partial charge in [0.1, 0.15) is 0 Å². The van der Waals surface area contributed by atoms with E-state index in [1.165, 1.54) is 6.42 Å². The normalized spacial score (nSPS) is 24.4. The van der Waals surface area contributed by atoms with E-state index in [2.05, 4.69) is 4.90 Å². The van der Waals surface area contributed by atoms with Gasteiger partial charge in [-0.3, -0.25) is 4.90 Å². The Morgan fingerprint density at radius 2 is 1.88 bits per heavy atom. The predicted molar refractivity (Wildman–Crippen MR) is 108 cm³/mol. The highest BCUT2D eigenvalue weighted by molar-refractivity contribution is 6.42. The van der Waals surface area contributed by atoms with Gasteiger partial charge in [0.05, 0.1) is 23.3 Å². The standard InChI is InChI=1S/C19H23Cl2NO3.ClH/c20-15-7-5-13(6-8-17(23)24)18(19(15)21)14-3-1-2-4-16(14)22-9-11-25-12-10-22;/h5-8,14,16H,1-4,9-12H2,(H,23,24);1H/b8-6+;. The number of aliphatic carboxylic acids is 1. The van der Waals surface area contributed by atoms with Crippen LogP contribution < -0.4 is 0 Å². The zero-order valence-electron chi connectivity index (χ0n) is 14.5. The summed E-state index contributed by atoms with van der Waals surface area (Å²) in [5, 5.41) is 10.1. The molecular formula is C19H24Cl3NO3. The maximum Gasteiger partial charge on any atom is 0.328 e. The minimum absolute atomic E-state index is 0. The van der Waals surface area contributed by atoms with Crippen LogP contribution in [-0.2, 0) is 9.53 Å². The molecule has 26 heavy (non-hydrogen) atoms. The average Bonchev–Trinajstić information content (AvgIpc) is 2.63. The van der Waals surface area contributed by atoms with Crippen LogP contribution in [0.4, 0.5) is 0 Å². The van der Waals surface area contributed by atoms with E-state index >= 15 is 0 Å². The lowest BCUT2D eigenvalue weighted by molar-refractivity contribution is -0.131. The van der Waals surface area contributed by atoms with Crippen molar-refractivity contribution < 1.29 is 14.6 Å². The molecule has 2 fully saturated rings. The number of benzene rings is 1. The van der Waals surface area contributed by atoms with Crippen molar-refractivity contribution in [2.75, 3.05) is 26.3 Å². The quantitative estimate of drug-likeness (QED) is 0.706. The largest absolute Gasteiger partial charge is 0.478 e. The van der Waals surface area contributed by atoms with Gasteiger partial charge in [0, 0.05) is 31.1 Å². The number of hydrogen-bond acceptors (Lipinski definition) is 3. The van der Waals surface area contributed by atoms with E-state index in [9.17, 15) is 4.79 Å². The second-order valence-corrected chi connectivity index (χ2v) is 7.43. The van der Waals surface area contributed by atoms with Crippen LogP contribution in [0.25, 0.3) is 6.08 Å². The molecule has 0 bridgehead atoms. The Kier molecular flexibility index (Phi) is 8.24. The van der Waals surface area contributed by atoms with Crippen LogP contribution in [0.5, 0.6) is 0 Å². The number of ether oxygens (including phenoxy) is 1. The van der Waals surface area contributed by atoms with Gasteiger partial charge in [-0.05, 0) is 36.1 Å². The van der Waals surface area contributed by atoms with Crippen LogP contribution in [0.3, 0.4) is 0 Å². The van der Waals surface area contributed by atoms with Crippen molar-refractivity contribution in [1.82, 2.24) is 4.90 Å². The molecule has 144 valence electrons. The molecule has 4 nitrogen and oxygen atoms in total. The van der Waals surface area contributed by atoms with E-state index in [1.54, 1.807) is 12.1 Å². The van der Waals surface area contributed by atoms with Crippen LogP contribution in [0.2, 0.25) is 10.0 Å². The first-order chi connectivity index (χ1) is 12.1. The molecule has 3 rings (SSSR count). The highest BCUT2D eigenvalue weighted by Gasteiger charge is 2.34. The Morgan fingerprint density at radius 1 is 1.19 bits per heavy atom. The summed E-state index contributed by atoms with van der Waals surface area (Å²) < 4.78 is 5.50. The number of halogens is 3. The Hall–Kier alpha value is -0.780. The summed E-state index contributed by atoms with van der Waals surface area (Å²) in [6, 6.07) is 4.00. The molecule has 1 aliphatic heterocycles. The van der Waals surface area contributed by atoms with Gasteiger partial charge in [-0.2, -0.15) is 0 Å². The molecular weight excluding hydrogens is 397 g/mol. The summed E-state index contributed by atoms with van der Waals surface area (Å²) in [6.45, 7) is 3.38. The number of morpholine rings is 1. The summed E-state index contributed by atoms with van der Waals surface area (Å²) in [4.78, 5) is 13.5. The van der Waals surface area contributed by atoms with E-state index < -0.39 is 5.97 Å². The first-order valence-corrected chi connectivity index (χ1v) is 9.54. The van der Waals surface area contributed by atoms with Crippen molar-refractivity contribution in [1.29, 1.82) is 0 Å². The van der Waals surface area contributed by atoms with Crippen LogP contribution in [0, 0.1) is 0 Å². The van der Waals surface area contributed by atoms with Crippen molar-refractivity contribution in [3.63, 3.8) is 0 Å². The fourth-order valence-corrected chi connectivity index (χ4v) is 4.54. The number of carbonyl (C=O) groups is 1. The molecule has 0 amide bonds. The molecule has 1 aromatic carbocycles. The molecule has 1 aromatic rings. The van der Waals surface area contributed by atoms with E-state index in [0.29, 0.717) is 16.1 Å². The van der Waals surface area contributed by atoms with Gasteiger partial charge in [0.2, 0.25) is 0 Å². The molecule has 7 heteroatoms. The van der Waals surface area contributed by atoms with Gasteiger partial charge in [-0.15, -0.1) is 12.4 Å². The predicted octanol–water partition coefficient (Wildman–Crippen LogP) is 4.87. The fraction of sp³-hybridized carbons (Fsp3) is 0.526. The lowest BCUT2D eigenvalue weighted by atomic mass is 9.77. The molecule has 2 aliphatic rings. The molecule has 1 N–H and O–H groups in total. The minimum atomic E-state index is -0.967. The smallest absolute Gasteiger partial charge is 0.328 e. The van der Waals surface area contributed by atoms with Crippen LogP contribution in [0.15, 0.2) is 18.2 Å². The van der Waals surface area contributed by atoms with Crippen molar-refractivity contribution in [3.05, 3.63) is 39.4 Å². The number of carboxylic acids is 1. The monoisotopic (exact) mass is 419 g/mol. The molecule has 1 saturated heterocycles. The highest BCUT2D eigenvalue weighted by Crippen LogP contribution is 2.43. The summed E-state index contributed by atoms with van der Waals surface area (Å²) in [5.74, 6) is -0.711. The molecule has 0 radical (unpaired) electrons. The topological polar surface area (TPSA) is 49.8 Å². The van der Waals surface area contributed by atoms with E-state index in [4.69, 9.17) is 33.0 Å². The Bertz CT molecular complexity index is 660. The molecule has 2 atom stereocenters. The Labute approximate surface area is 170 Å². The molecule has 1 heterocycles. The average molecular weight is 421 g/mol. The van der Waals surface area contributed by atoms with Crippen LogP contribution in [-0.4, -0.2) is 48.3 Å².